The Morgan fingerprint density at radius 1 is 1.28 bits per heavy atom. The van der Waals surface area contributed by atoms with Crippen LogP contribution in [0.1, 0.15) is 60.6 Å². The van der Waals surface area contributed by atoms with Gasteiger partial charge in [0.1, 0.15) is 5.75 Å². The number of benzene rings is 1. The van der Waals surface area contributed by atoms with Gasteiger partial charge in [-0.2, -0.15) is 5.10 Å². The highest BCUT2D eigenvalue weighted by atomic mass is 16.5. The number of hydrogen-bond acceptors (Lipinski definition) is 5. The summed E-state index contributed by atoms with van der Waals surface area (Å²) in [6.07, 6.45) is 0.616. The highest BCUT2D eigenvalue weighted by Crippen LogP contribution is 2.32. The number of H-pyrrole nitrogens is 1. The lowest BCUT2D eigenvalue weighted by atomic mass is 9.85. The fraction of sp³-hybridized carbons (Fsp3) is 0.500. The molecule has 156 valence electrons. The Labute approximate surface area is 171 Å². The van der Waals surface area contributed by atoms with Crippen molar-refractivity contribution in [1.29, 1.82) is 0 Å². The molecule has 1 amide bonds. The number of carbonyl (C=O) groups excluding carboxylic acids is 2. The molecular formula is C22H29N3O4. The molecule has 0 radical (unpaired) electrons. The number of rotatable bonds is 5. The Kier molecular flexibility index (Phi) is 5.96. The van der Waals surface area contributed by atoms with E-state index in [1.54, 1.807) is 11.8 Å². The average Bonchev–Trinajstić information content (AvgIpc) is 3.09. The molecule has 0 saturated heterocycles. The first kappa shape index (κ1) is 20.9. The Morgan fingerprint density at radius 2 is 2.03 bits per heavy atom. The molecule has 0 aliphatic carbocycles. The molecule has 0 saturated carbocycles. The third-order valence-corrected chi connectivity index (χ3v) is 5.05. The highest BCUT2D eigenvalue weighted by Gasteiger charge is 2.29. The number of amides is 1. The Morgan fingerprint density at radius 3 is 2.72 bits per heavy atom. The van der Waals surface area contributed by atoms with Crippen molar-refractivity contribution in [1.82, 2.24) is 15.1 Å². The number of nitrogens with one attached hydrogen (secondary N) is 1. The molecule has 0 unspecified atom stereocenters. The van der Waals surface area contributed by atoms with E-state index in [-0.39, 0.29) is 30.2 Å². The molecule has 29 heavy (non-hydrogen) atoms. The van der Waals surface area contributed by atoms with Crippen molar-refractivity contribution < 1.29 is 19.1 Å². The quantitative estimate of drug-likeness (QED) is 0.781. The van der Waals surface area contributed by atoms with Crippen LogP contribution in [0.5, 0.6) is 5.75 Å². The van der Waals surface area contributed by atoms with E-state index in [1.807, 2.05) is 19.1 Å². The minimum absolute atomic E-state index is 0.0476. The van der Waals surface area contributed by atoms with Crippen LogP contribution in [-0.2, 0) is 27.9 Å². The van der Waals surface area contributed by atoms with Gasteiger partial charge in [-0.3, -0.25) is 9.89 Å². The molecular weight excluding hydrogens is 370 g/mol. The van der Waals surface area contributed by atoms with Crippen LogP contribution in [-0.4, -0.2) is 46.7 Å². The molecule has 0 bridgehead atoms. The minimum atomic E-state index is -0.468. The van der Waals surface area contributed by atoms with E-state index in [2.05, 4.69) is 37.0 Å². The van der Waals surface area contributed by atoms with Gasteiger partial charge >= 0.3 is 5.97 Å². The third-order valence-electron chi connectivity index (χ3n) is 5.05. The predicted molar refractivity (Wildman–Crippen MR) is 109 cm³/mol. The third kappa shape index (κ3) is 4.60. The van der Waals surface area contributed by atoms with E-state index >= 15 is 0 Å². The molecule has 2 aromatic rings. The van der Waals surface area contributed by atoms with E-state index in [0.29, 0.717) is 19.5 Å². The number of aromatic amines is 1. The summed E-state index contributed by atoms with van der Waals surface area (Å²) in [5.74, 6) is 0.141. The fourth-order valence-electron chi connectivity index (χ4n) is 3.46. The fourth-order valence-corrected chi connectivity index (χ4v) is 3.46. The molecule has 7 nitrogen and oxygen atoms in total. The number of nitrogens with zero attached hydrogens (tertiary/aromatic N) is 2. The van der Waals surface area contributed by atoms with Crippen LogP contribution < -0.4 is 4.74 Å². The van der Waals surface area contributed by atoms with Gasteiger partial charge in [-0.05, 0) is 30.9 Å². The van der Waals surface area contributed by atoms with Gasteiger partial charge < -0.3 is 14.4 Å². The molecule has 3 rings (SSSR count). The number of hydrogen-bond donors (Lipinski definition) is 1. The van der Waals surface area contributed by atoms with Crippen molar-refractivity contribution in [2.75, 3.05) is 19.8 Å². The van der Waals surface area contributed by atoms with Gasteiger partial charge in [0.05, 0.1) is 13.2 Å². The van der Waals surface area contributed by atoms with Crippen LogP contribution in [0.2, 0.25) is 0 Å². The maximum Gasteiger partial charge on any atom is 0.359 e. The topological polar surface area (TPSA) is 84.5 Å². The zero-order valence-corrected chi connectivity index (χ0v) is 17.8. The van der Waals surface area contributed by atoms with Crippen LogP contribution in [0.3, 0.4) is 0 Å². The average molecular weight is 399 g/mol. The maximum absolute atomic E-state index is 12.8. The summed E-state index contributed by atoms with van der Waals surface area (Å²) < 4.78 is 11.0. The number of esters is 1. The first-order valence-electron chi connectivity index (χ1n) is 9.95. The standard InChI is InChI=1S/C22H29N3O4/c1-6-28-21(27)20-15-12-25(10-9-17(15)23-24-20)19(26)13-29-18-8-7-14(2)11-16(18)22(3,4)5/h7-8,11H,6,9-10,12-13H2,1-5H3,(H,23,24). The van der Waals surface area contributed by atoms with Gasteiger partial charge in [0.2, 0.25) is 0 Å². The van der Waals surface area contributed by atoms with Gasteiger partial charge in [-0.15, -0.1) is 0 Å². The van der Waals surface area contributed by atoms with E-state index in [9.17, 15) is 9.59 Å². The van der Waals surface area contributed by atoms with E-state index in [1.165, 1.54) is 0 Å². The molecule has 0 spiro atoms. The number of aromatic nitrogens is 2. The summed E-state index contributed by atoms with van der Waals surface area (Å²) in [4.78, 5) is 26.6. The minimum Gasteiger partial charge on any atom is -0.483 e. The summed E-state index contributed by atoms with van der Waals surface area (Å²) in [5, 5.41) is 6.97. The van der Waals surface area contributed by atoms with Gasteiger partial charge in [0.15, 0.2) is 12.3 Å². The maximum atomic E-state index is 12.8. The van der Waals surface area contributed by atoms with E-state index in [4.69, 9.17) is 9.47 Å². The van der Waals surface area contributed by atoms with Crippen LogP contribution >= 0.6 is 0 Å². The first-order valence-corrected chi connectivity index (χ1v) is 9.95. The molecule has 2 heterocycles. The Hall–Kier alpha value is -2.83. The lowest BCUT2D eigenvalue weighted by Crippen LogP contribution is -2.39. The lowest BCUT2D eigenvalue weighted by Gasteiger charge is -2.28. The van der Waals surface area contributed by atoms with Crippen LogP contribution in [0.25, 0.3) is 0 Å². The normalized spacial score (nSPS) is 13.8. The van der Waals surface area contributed by atoms with Crippen molar-refractivity contribution in [3.05, 3.63) is 46.3 Å². The SMILES string of the molecule is CCOC(=O)c1n[nH]c2c1CN(C(=O)COc1ccc(C)cc1C(C)(C)C)CC2. The molecule has 1 aromatic heterocycles. The summed E-state index contributed by atoms with van der Waals surface area (Å²) in [7, 11) is 0. The predicted octanol–water partition coefficient (Wildman–Crippen LogP) is 3.16. The highest BCUT2D eigenvalue weighted by molar-refractivity contribution is 5.89. The second-order valence-electron chi connectivity index (χ2n) is 8.35. The number of carbonyl (C=O) groups is 2. The summed E-state index contributed by atoms with van der Waals surface area (Å²) in [5.41, 5.74) is 4.01. The van der Waals surface area contributed by atoms with Gasteiger partial charge in [-0.25, -0.2) is 4.79 Å². The first-order chi connectivity index (χ1) is 13.7. The van der Waals surface area contributed by atoms with Gasteiger partial charge in [-0.1, -0.05) is 38.5 Å². The van der Waals surface area contributed by atoms with E-state index in [0.717, 1.165) is 28.1 Å². The molecule has 0 atom stereocenters. The zero-order valence-electron chi connectivity index (χ0n) is 17.8. The Bertz CT molecular complexity index is 911. The largest absolute Gasteiger partial charge is 0.483 e. The molecule has 7 heteroatoms. The van der Waals surface area contributed by atoms with Crippen molar-refractivity contribution in [2.24, 2.45) is 0 Å². The second kappa shape index (κ2) is 8.27. The van der Waals surface area contributed by atoms with Gasteiger partial charge in [0.25, 0.3) is 5.91 Å². The molecule has 1 aliphatic heterocycles. The van der Waals surface area contributed by atoms with Crippen LogP contribution in [0, 0.1) is 6.92 Å². The van der Waals surface area contributed by atoms with Gasteiger partial charge in [0, 0.05) is 24.2 Å². The van der Waals surface area contributed by atoms with Crippen molar-refractivity contribution in [2.45, 2.75) is 53.0 Å². The number of aryl methyl sites for hydroxylation is 1. The zero-order chi connectivity index (χ0) is 21.2. The summed E-state index contributed by atoms with van der Waals surface area (Å²) in [6, 6.07) is 6.01. The van der Waals surface area contributed by atoms with Crippen LogP contribution in [0.4, 0.5) is 0 Å². The van der Waals surface area contributed by atoms with Crippen molar-refractivity contribution in [3.8, 4) is 5.75 Å². The number of fused-ring (bicyclic) bond motifs is 1. The van der Waals surface area contributed by atoms with Crippen molar-refractivity contribution in [3.63, 3.8) is 0 Å². The summed E-state index contributed by atoms with van der Waals surface area (Å²) in [6.45, 7) is 11.3. The summed E-state index contributed by atoms with van der Waals surface area (Å²) >= 11 is 0. The van der Waals surface area contributed by atoms with E-state index < -0.39 is 5.97 Å². The molecule has 1 N–H and O–H groups in total. The smallest absolute Gasteiger partial charge is 0.359 e. The number of ether oxygens (including phenoxy) is 2. The molecule has 1 aromatic carbocycles. The second-order valence-corrected chi connectivity index (χ2v) is 8.35. The van der Waals surface area contributed by atoms with Crippen LogP contribution in [0.15, 0.2) is 18.2 Å². The Balaban J connectivity index is 1.70. The molecule has 1 aliphatic rings. The molecule has 0 fully saturated rings. The van der Waals surface area contributed by atoms with Crippen molar-refractivity contribution >= 4 is 11.9 Å². The monoisotopic (exact) mass is 399 g/mol. The lowest BCUT2D eigenvalue weighted by molar-refractivity contribution is -0.134.